The van der Waals surface area contributed by atoms with Crippen LogP contribution in [0.1, 0.15) is 55.5 Å². The quantitative estimate of drug-likeness (QED) is 0.0923. The minimum Gasteiger partial charge on any atom is -0.453 e. The van der Waals surface area contributed by atoms with Crippen LogP contribution in [-0.2, 0) is 33.8 Å². The average Bonchev–Trinajstić information content (AvgIpc) is 3.90. The summed E-state index contributed by atoms with van der Waals surface area (Å²) in [6.07, 6.45) is 4.89. The van der Waals surface area contributed by atoms with E-state index in [0.29, 0.717) is 37.4 Å². The van der Waals surface area contributed by atoms with E-state index in [1.165, 1.54) is 7.11 Å². The molecule has 1 atom stereocenters. The van der Waals surface area contributed by atoms with E-state index in [1.807, 2.05) is 90.8 Å². The molecule has 2 heterocycles. The zero-order chi connectivity index (χ0) is 38.6. The summed E-state index contributed by atoms with van der Waals surface area (Å²) in [5.74, 6) is 1.23. The molecule has 0 saturated heterocycles. The van der Waals surface area contributed by atoms with Gasteiger partial charge in [-0.25, -0.2) is 14.8 Å². The summed E-state index contributed by atoms with van der Waals surface area (Å²) in [5.41, 5.74) is 7.52. The van der Waals surface area contributed by atoms with Crippen LogP contribution in [0.3, 0.4) is 0 Å². The second-order valence-corrected chi connectivity index (χ2v) is 13.4. The zero-order valence-corrected chi connectivity index (χ0v) is 31.5. The highest BCUT2D eigenvalue weighted by Crippen LogP contribution is 2.27. The topological polar surface area (TPSA) is 136 Å². The Bertz CT molecular complexity index is 2150. The molecular formula is C44H47N7O4. The van der Waals surface area contributed by atoms with Gasteiger partial charge in [0.1, 0.15) is 17.7 Å². The number of benzene rings is 4. The molecule has 0 radical (unpaired) electrons. The van der Waals surface area contributed by atoms with Crippen LogP contribution in [0, 0.1) is 0 Å². The van der Waals surface area contributed by atoms with Crippen LogP contribution >= 0.6 is 0 Å². The maximum atomic E-state index is 13.8. The molecule has 55 heavy (non-hydrogen) atoms. The lowest BCUT2D eigenvalue weighted by molar-refractivity contribution is -0.134. The van der Waals surface area contributed by atoms with Gasteiger partial charge in [-0.05, 0) is 46.2 Å². The Kier molecular flexibility index (Phi) is 12.9. The van der Waals surface area contributed by atoms with E-state index in [4.69, 9.17) is 4.74 Å². The maximum absolute atomic E-state index is 13.8. The van der Waals surface area contributed by atoms with Crippen molar-refractivity contribution < 1.29 is 19.1 Å². The van der Waals surface area contributed by atoms with Crippen LogP contribution in [-0.4, -0.2) is 67.8 Å². The number of imidazole rings is 2. The van der Waals surface area contributed by atoms with Crippen molar-refractivity contribution in [1.29, 1.82) is 0 Å². The fraction of sp³-hybridized carbons (Fsp3) is 0.250. The third-order valence-corrected chi connectivity index (χ3v) is 9.34. The van der Waals surface area contributed by atoms with Gasteiger partial charge < -0.3 is 29.8 Å². The van der Waals surface area contributed by atoms with Crippen LogP contribution < -0.4 is 5.32 Å². The molecule has 3 N–H and O–H groups in total. The lowest BCUT2D eigenvalue weighted by Crippen LogP contribution is -2.43. The maximum Gasteiger partial charge on any atom is 0.407 e. The number of aromatic nitrogens is 4. The van der Waals surface area contributed by atoms with Gasteiger partial charge >= 0.3 is 6.09 Å². The van der Waals surface area contributed by atoms with Gasteiger partial charge in [-0.15, -0.1) is 0 Å². The highest BCUT2D eigenvalue weighted by atomic mass is 16.5. The van der Waals surface area contributed by atoms with Gasteiger partial charge in [-0.3, -0.25) is 9.59 Å². The first-order valence-corrected chi connectivity index (χ1v) is 18.6. The number of hydrogen-bond donors (Lipinski definition) is 3. The van der Waals surface area contributed by atoms with Crippen LogP contribution in [0.15, 0.2) is 122 Å². The molecule has 11 nitrogen and oxygen atoms in total. The standard InChI is InChI=1S/C44H47N7O4/c1-4-24-50(41(52)26-31-12-8-6-9-13-31)29-39-45-27-37(47-39)34-20-16-32(17-21-34)33-18-22-35(23-19-33)38-28-46-40(48-38)30-51(25-5-2)43(53)42(49-44(54)55-3)36-14-10-7-11-15-36/h6-23,27-28,42H,4-5,24-26,29-30H2,1-3H3,(H,45,47)(H,46,48)(H,49,54). The molecule has 0 aliphatic carbocycles. The summed E-state index contributed by atoms with van der Waals surface area (Å²) >= 11 is 0. The molecule has 0 spiro atoms. The molecule has 3 amide bonds. The first kappa shape index (κ1) is 38.2. The number of hydrogen-bond acceptors (Lipinski definition) is 6. The van der Waals surface area contributed by atoms with E-state index < -0.39 is 12.1 Å². The fourth-order valence-corrected chi connectivity index (χ4v) is 6.50. The SMILES string of the molecule is CCCN(Cc1ncc(-c2ccc(-c3ccc(-c4cnc(CN(CCC)C(=O)C(NC(=O)OC)c5ccccc5)[nH]4)cc3)cc2)[nH]1)C(=O)Cc1ccccc1. The van der Waals surface area contributed by atoms with Crippen LogP contribution in [0.5, 0.6) is 0 Å². The molecule has 6 rings (SSSR count). The lowest BCUT2D eigenvalue weighted by atomic mass is 10.0. The van der Waals surface area contributed by atoms with Crippen LogP contribution in [0.25, 0.3) is 33.6 Å². The molecule has 0 aliphatic rings. The molecule has 11 heteroatoms. The monoisotopic (exact) mass is 737 g/mol. The van der Waals surface area contributed by atoms with Crippen molar-refractivity contribution in [1.82, 2.24) is 35.1 Å². The van der Waals surface area contributed by atoms with Crippen molar-refractivity contribution in [3.8, 4) is 33.6 Å². The predicted octanol–water partition coefficient (Wildman–Crippen LogP) is 7.95. The van der Waals surface area contributed by atoms with E-state index in [9.17, 15) is 14.4 Å². The number of carbonyl (C=O) groups is 3. The van der Waals surface area contributed by atoms with E-state index >= 15 is 0 Å². The zero-order valence-electron chi connectivity index (χ0n) is 31.5. The van der Waals surface area contributed by atoms with Gasteiger partial charge in [0, 0.05) is 13.1 Å². The van der Waals surface area contributed by atoms with Gasteiger partial charge in [0.15, 0.2) is 0 Å². The number of nitrogens with one attached hydrogen (secondary N) is 3. The Morgan fingerprint density at radius 1 is 0.655 bits per heavy atom. The summed E-state index contributed by atoms with van der Waals surface area (Å²) in [6, 6.07) is 34.6. The lowest BCUT2D eigenvalue weighted by Gasteiger charge is -2.27. The Labute approximate surface area is 321 Å². The molecule has 0 aliphatic heterocycles. The Morgan fingerprint density at radius 3 is 1.64 bits per heavy atom. The first-order valence-electron chi connectivity index (χ1n) is 18.6. The fourth-order valence-electron chi connectivity index (χ4n) is 6.50. The summed E-state index contributed by atoms with van der Waals surface area (Å²) in [4.78, 5) is 58.6. The molecule has 1 unspecified atom stereocenters. The number of amides is 3. The molecule has 0 bridgehead atoms. The van der Waals surface area contributed by atoms with Crippen molar-refractivity contribution in [2.75, 3.05) is 20.2 Å². The van der Waals surface area contributed by atoms with E-state index in [1.54, 1.807) is 11.1 Å². The second kappa shape index (κ2) is 18.5. The molecule has 0 saturated carbocycles. The number of methoxy groups -OCH3 is 1. The molecule has 282 valence electrons. The number of alkyl carbamates (subject to hydrolysis) is 1. The van der Waals surface area contributed by atoms with E-state index in [0.717, 1.165) is 57.9 Å². The Morgan fingerprint density at radius 2 is 1.13 bits per heavy atom. The number of carbonyl (C=O) groups excluding carboxylic acids is 3. The smallest absolute Gasteiger partial charge is 0.407 e. The number of nitrogens with zero attached hydrogens (tertiary/aromatic N) is 4. The van der Waals surface area contributed by atoms with Crippen molar-refractivity contribution in [3.05, 3.63) is 144 Å². The third-order valence-electron chi connectivity index (χ3n) is 9.34. The van der Waals surface area contributed by atoms with Gasteiger partial charge in [0.05, 0.1) is 50.4 Å². The number of ether oxygens (including phenoxy) is 1. The molecule has 6 aromatic rings. The summed E-state index contributed by atoms with van der Waals surface area (Å²) in [6.45, 7) is 5.92. The van der Waals surface area contributed by atoms with E-state index in [-0.39, 0.29) is 18.4 Å². The first-order chi connectivity index (χ1) is 26.8. The van der Waals surface area contributed by atoms with Crippen LogP contribution in [0.4, 0.5) is 4.79 Å². The van der Waals surface area contributed by atoms with Gasteiger partial charge in [0.2, 0.25) is 11.8 Å². The minimum atomic E-state index is -0.892. The van der Waals surface area contributed by atoms with Gasteiger partial charge in [-0.1, -0.05) is 123 Å². The minimum absolute atomic E-state index is 0.0866. The summed E-state index contributed by atoms with van der Waals surface area (Å²) in [7, 11) is 1.28. The predicted molar refractivity (Wildman–Crippen MR) is 213 cm³/mol. The van der Waals surface area contributed by atoms with Crippen molar-refractivity contribution in [2.45, 2.75) is 52.2 Å². The molecule has 2 aromatic heterocycles. The van der Waals surface area contributed by atoms with Crippen molar-refractivity contribution >= 4 is 17.9 Å². The normalized spacial score (nSPS) is 11.5. The molecule has 0 fully saturated rings. The number of H-pyrrole nitrogens is 2. The molecule has 4 aromatic carbocycles. The van der Waals surface area contributed by atoms with Crippen molar-refractivity contribution in [2.24, 2.45) is 0 Å². The summed E-state index contributed by atoms with van der Waals surface area (Å²) in [5, 5.41) is 2.69. The highest BCUT2D eigenvalue weighted by molar-refractivity contribution is 5.87. The van der Waals surface area contributed by atoms with E-state index in [2.05, 4.69) is 68.6 Å². The average molecular weight is 738 g/mol. The van der Waals surface area contributed by atoms with Crippen molar-refractivity contribution in [3.63, 3.8) is 0 Å². The third kappa shape index (κ3) is 9.94. The molecular weight excluding hydrogens is 691 g/mol. The number of rotatable bonds is 16. The van der Waals surface area contributed by atoms with Gasteiger partial charge in [-0.2, -0.15) is 0 Å². The highest BCUT2D eigenvalue weighted by Gasteiger charge is 2.28. The van der Waals surface area contributed by atoms with Gasteiger partial charge in [0.25, 0.3) is 0 Å². The Hall–Kier alpha value is -6.49. The Balaban J connectivity index is 1.09. The second-order valence-electron chi connectivity index (χ2n) is 13.4. The number of aromatic amines is 2. The largest absolute Gasteiger partial charge is 0.453 e. The van der Waals surface area contributed by atoms with Crippen LogP contribution in [0.2, 0.25) is 0 Å². The summed E-state index contributed by atoms with van der Waals surface area (Å²) < 4.78 is 4.81.